The molecule has 1 aliphatic rings. The normalized spacial score (nSPS) is 14.9. The summed E-state index contributed by atoms with van der Waals surface area (Å²) in [6, 6.07) is 8.40. The summed E-state index contributed by atoms with van der Waals surface area (Å²) in [5.41, 5.74) is 0.593. The topological polar surface area (TPSA) is 86.8 Å². The van der Waals surface area contributed by atoms with Gasteiger partial charge >= 0.3 is 0 Å². The quantitative estimate of drug-likeness (QED) is 0.362. The molecule has 202 valence electrons. The van der Waals surface area contributed by atoms with E-state index < -0.39 is 28.5 Å². The number of nitrogens with zero attached hydrogens (tertiary/aromatic N) is 2. The molecule has 1 atom stereocenters. The Morgan fingerprint density at radius 3 is 2.11 bits per heavy atom. The van der Waals surface area contributed by atoms with Gasteiger partial charge in [0.15, 0.2) is 0 Å². The summed E-state index contributed by atoms with van der Waals surface area (Å²) in [5.74, 6) is -0.909. The summed E-state index contributed by atoms with van der Waals surface area (Å²) in [5, 5.41) is 4.13. The molecule has 0 radical (unpaired) electrons. The molecule has 1 N–H and O–H groups in total. The molecule has 1 unspecified atom stereocenters. The van der Waals surface area contributed by atoms with Gasteiger partial charge in [-0.3, -0.25) is 13.9 Å². The maximum absolute atomic E-state index is 13.8. The zero-order valence-corrected chi connectivity index (χ0v) is 24.4. The first-order chi connectivity index (χ1) is 17.4. The third-order valence-electron chi connectivity index (χ3n) is 6.29. The second kappa shape index (κ2) is 12.9. The Bertz CT molecular complexity index is 1210. The number of amides is 2. The van der Waals surface area contributed by atoms with Crippen LogP contribution in [0.1, 0.15) is 44.6 Å². The number of hydrogen-bond donors (Lipinski definition) is 1. The van der Waals surface area contributed by atoms with Gasteiger partial charge < -0.3 is 10.2 Å². The highest BCUT2D eigenvalue weighted by Crippen LogP contribution is 2.30. The van der Waals surface area contributed by atoms with Gasteiger partial charge in [-0.2, -0.15) is 0 Å². The van der Waals surface area contributed by atoms with Crippen LogP contribution in [0.25, 0.3) is 0 Å². The van der Waals surface area contributed by atoms with Crippen LogP contribution in [-0.4, -0.2) is 50.0 Å². The van der Waals surface area contributed by atoms with Crippen LogP contribution < -0.4 is 9.62 Å². The highest BCUT2D eigenvalue weighted by molar-refractivity contribution is 7.92. The summed E-state index contributed by atoms with van der Waals surface area (Å²) in [6.45, 7) is 1.13. The van der Waals surface area contributed by atoms with Crippen molar-refractivity contribution >= 4 is 73.9 Å². The minimum atomic E-state index is -3.92. The van der Waals surface area contributed by atoms with E-state index in [2.05, 4.69) is 5.32 Å². The number of benzene rings is 2. The zero-order chi connectivity index (χ0) is 27.3. The van der Waals surface area contributed by atoms with Crippen molar-refractivity contribution in [2.75, 3.05) is 17.1 Å². The lowest BCUT2D eigenvalue weighted by Gasteiger charge is -2.33. The molecule has 0 aromatic heterocycles. The van der Waals surface area contributed by atoms with Gasteiger partial charge in [0.2, 0.25) is 21.8 Å². The Balaban J connectivity index is 1.99. The van der Waals surface area contributed by atoms with Crippen LogP contribution in [0.4, 0.5) is 5.69 Å². The molecule has 3 rings (SSSR count). The van der Waals surface area contributed by atoms with Gasteiger partial charge in [-0.25, -0.2) is 8.42 Å². The van der Waals surface area contributed by atoms with E-state index in [-0.39, 0.29) is 34.2 Å². The monoisotopic (exact) mass is 607 g/mol. The first-order valence-corrected chi connectivity index (χ1v) is 15.2. The summed E-state index contributed by atoms with van der Waals surface area (Å²) in [6.07, 6.45) is 5.10. The average molecular weight is 609 g/mol. The molecule has 0 bridgehead atoms. The van der Waals surface area contributed by atoms with Gasteiger partial charge in [-0.05, 0) is 49.6 Å². The number of halogens is 4. The molecule has 2 aromatic rings. The van der Waals surface area contributed by atoms with E-state index in [1.54, 1.807) is 25.1 Å². The van der Waals surface area contributed by atoms with Crippen molar-refractivity contribution in [1.29, 1.82) is 0 Å². The Hall–Kier alpha value is -1.71. The minimum Gasteiger partial charge on any atom is -0.352 e. The molecule has 1 saturated carbocycles. The van der Waals surface area contributed by atoms with Crippen molar-refractivity contribution < 1.29 is 18.0 Å². The van der Waals surface area contributed by atoms with Crippen LogP contribution in [0.5, 0.6) is 0 Å². The van der Waals surface area contributed by atoms with Crippen LogP contribution in [0.3, 0.4) is 0 Å². The lowest BCUT2D eigenvalue weighted by molar-refractivity contribution is -0.140. The van der Waals surface area contributed by atoms with Crippen molar-refractivity contribution in [3.8, 4) is 0 Å². The molecule has 7 nitrogen and oxygen atoms in total. The second-order valence-corrected chi connectivity index (χ2v) is 12.6. The van der Waals surface area contributed by atoms with Crippen LogP contribution in [0, 0.1) is 0 Å². The van der Waals surface area contributed by atoms with E-state index in [4.69, 9.17) is 46.4 Å². The van der Waals surface area contributed by atoms with Gasteiger partial charge in [0.25, 0.3) is 0 Å². The van der Waals surface area contributed by atoms with Gasteiger partial charge in [-0.15, -0.1) is 0 Å². The van der Waals surface area contributed by atoms with E-state index in [1.807, 2.05) is 0 Å². The highest BCUT2D eigenvalue weighted by atomic mass is 35.5. The number of rotatable bonds is 10. The molecule has 12 heteroatoms. The van der Waals surface area contributed by atoms with Crippen molar-refractivity contribution in [1.82, 2.24) is 10.2 Å². The number of carbonyl (C=O) groups excluding carboxylic acids is 2. The lowest BCUT2D eigenvalue weighted by Crippen LogP contribution is -2.53. The lowest BCUT2D eigenvalue weighted by atomic mass is 10.1. The van der Waals surface area contributed by atoms with E-state index in [9.17, 15) is 18.0 Å². The van der Waals surface area contributed by atoms with Crippen LogP contribution in [-0.2, 0) is 26.2 Å². The van der Waals surface area contributed by atoms with Crippen LogP contribution >= 0.6 is 46.4 Å². The molecule has 2 aromatic carbocycles. The fourth-order valence-corrected chi connectivity index (χ4v) is 6.30. The third kappa shape index (κ3) is 7.90. The van der Waals surface area contributed by atoms with Gasteiger partial charge in [-0.1, -0.05) is 72.2 Å². The average Bonchev–Trinajstić information content (AvgIpc) is 3.30. The number of nitrogens with one attached hydrogen (secondary N) is 1. The molecule has 0 aliphatic heterocycles. The summed E-state index contributed by atoms with van der Waals surface area (Å²) >= 11 is 25.0. The Kier molecular flexibility index (Phi) is 10.4. The predicted octanol–water partition coefficient (Wildman–Crippen LogP) is 5.93. The fraction of sp³-hybridized carbons (Fsp3) is 0.440. The van der Waals surface area contributed by atoms with Crippen molar-refractivity contribution in [2.24, 2.45) is 0 Å². The molecule has 0 spiro atoms. The molecular weight excluding hydrogens is 580 g/mol. The fourth-order valence-electron chi connectivity index (χ4n) is 4.44. The molecule has 0 heterocycles. The molecular formula is C25H29Cl4N3O4S. The zero-order valence-electron chi connectivity index (χ0n) is 20.5. The van der Waals surface area contributed by atoms with Crippen LogP contribution in [0.2, 0.25) is 20.1 Å². The van der Waals surface area contributed by atoms with E-state index in [0.717, 1.165) is 36.2 Å². The second-order valence-electron chi connectivity index (χ2n) is 9.03. The number of anilines is 1. The SMILES string of the molecule is CCC(C(=O)NC1CCCC1)N(Cc1c(Cl)cccc1Cl)C(=O)CN(c1cc(Cl)cc(Cl)c1)S(C)(=O)=O. The first-order valence-electron chi connectivity index (χ1n) is 11.9. The molecule has 2 amide bonds. The third-order valence-corrected chi connectivity index (χ3v) is 8.58. The smallest absolute Gasteiger partial charge is 0.244 e. The molecule has 37 heavy (non-hydrogen) atoms. The number of carbonyl (C=O) groups is 2. The summed E-state index contributed by atoms with van der Waals surface area (Å²) in [7, 11) is -3.92. The van der Waals surface area contributed by atoms with E-state index >= 15 is 0 Å². The van der Waals surface area contributed by atoms with Crippen molar-refractivity contribution in [3.63, 3.8) is 0 Å². The Morgan fingerprint density at radius 1 is 1.03 bits per heavy atom. The van der Waals surface area contributed by atoms with E-state index in [0.29, 0.717) is 22.0 Å². The first kappa shape index (κ1) is 29.8. The highest BCUT2D eigenvalue weighted by Gasteiger charge is 2.33. The molecule has 1 aliphatic carbocycles. The minimum absolute atomic E-state index is 0.0449. The van der Waals surface area contributed by atoms with Crippen molar-refractivity contribution in [2.45, 2.75) is 57.7 Å². The van der Waals surface area contributed by atoms with Gasteiger partial charge in [0.05, 0.1) is 11.9 Å². The number of hydrogen-bond acceptors (Lipinski definition) is 4. The van der Waals surface area contributed by atoms with Gasteiger partial charge in [0.1, 0.15) is 12.6 Å². The van der Waals surface area contributed by atoms with Crippen molar-refractivity contribution in [3.05, 3.63) is 62.1 Å². The maximum atomic E-state index is 13.8. The maximum Gasteiger partial charge on any atom is 0.244 e. The van der Waals surface area contributed by atoms with Gasteiger partial charge in [0, 0.05) is 38.2 Å². The number of sulfonamides is 1. The Labute approximate surface area is 238 Å². The van der Waals surface area contributed by atoms with Crippen LogP contribution in [0.15, 0.2) is 36.4 Å². The summed E-state index contributed by atoms with van der Waals surface area (Å²) < 4.78 is 26.4. The molecule has 1 fully saturated rings. The predicted molar refractivity (Wildman–Crippen MR) is 150 cm³/mol. The largest absolute Gasteiger partial charge is 0.352 e. The summed E-state index contributed by atoms with van der Waals surface area (Å²) in [4.78, 5) is 28.5. The molecule has 0 saturated heterocycles. The standard InChI is InChI=1S/C25H29Cl4N3O4S/c1-3-23(25(34)30-18-7-4-5-8-18)31(14-20-21(28)9-6-10-22(20)29)24(33)15-32(37(2,35)36)19-12-16(26)11-17(27)13-19/h6,9-13,18,23H,3-5,7-8,14-15H2,1-2H3,(H,30,34). The van der Waals surface area contributed by atoms with E-state index in [1.165, 1.54) is 23.1 Å². The Morgan fingerprint density at radius 2 is 1.59 bits per heavy atom.